The zero-order valence-corrected chi connectivity index (χ0v) is 18.7. The maximum Gasteiger partial charge on any atom is 0.239 e. The van der Waals surface area contributed by atoms with Gasteiger partial charge in [0.05, 0.1) is 12.6 Å². The van der Waals surface area contributed by atoms with Crippen LogP contribution in [0.3, 0.4) is 0 Å². The van der Waals surface area contributed by atoms with Gasteiger partial charge in [-0.3, -0.25) is 9.69 Å². The van der Waals surface area contributed by atoms with Crippen LogP contribution in [0, 0.1) is 5.82 Å². The number of guanidine groups is 1. The van der Waals surface area contributed by atoms with Crippen LogP contribution in [0.2, 0.25) is 0 Å². The van der Waals surface area contributed by atoms with Crippen LogP contribution < -0.4 is 15.4 Å². The van der Waals surface area contributed by atoms with E-state index in [0.29, 0.717) is 12.3 Å². The van der Waals surface area contributed by atoms with Crippen molar-refractivity contribution in [3.8, 4) is 5.75 Å². The third-order valence-corrected chi connectivity index (χ3v) is 5.01. The molecule has 2 unspecified atom stereocenters. The van der Waals surface area contributed by atoms with Crippen molar-refractivity contribution in [2.75, 3.05) is 46.8 Å². The van der Waals surface area contributed by atoms with E-state index >= 15 is 0 Å². The van der Waals surface area contributed by atoms with Gasteiger partial charge in [-0.2, -0.15) is 0 Å². The first-order valence-electron chi connectivity index (χ1n) is 10.8. The number of hydrogen-bond donors (Lipinski definition) is 2. The number of ether oxygens (including phenoxy) is 1. The average Bonchev–Trinajstić information content (AvgIpc) is 3.18. The van der Waals surface area contributed by atoms with Gasteiger partial charge in [0.25, 0.3) is 0 Å². The number of nitrogens with one attached hydrogen (secondary N) is 2. The van der Waals surface area contributed by atoms with E-state index in [9.17, 15) is 9.18 Å². The van der Waals surface area contributed by atoms with Crippen molar-refractivity contribution < 1.29 is 13.9 Å². The van der Waals surface area contributed by atoms with Crippen LogP contribution in [0.4, 0.5) is 4.39 Å². The molecule has 1 heterocycles. The fraction of sp³-hybridized carbons (Fsp3) is 0.636. The van der Waals surface area contributed by atoms with E-state index in [2.05, 4.69) is 20.5 Å². The lowest BCUT2D eigenvalue weighted by atomic mass is 10.2. The largest absolute Gasteiger partial charge is 0.489 e. The van der Waals surface area contributed by atoms with Crippen LogP contribution in [-0.2, 0) is 4.79 Å². The van der Waals surface area contributed by atoms with Crippen LogP contribution in [0.15, 0.2) is 29.3 Å². The van der Waals surface area contributed by atoms with E-state index in [1.807, 2.05) is 27.9 Å². The third kappa shape index (κ3) is 7.82. The van der Waals surface area contributed by atoms with Crippen LogP contribution >= 0.6 is 0 Å². The number of likely N-dealkylation sites (tertiary alicyclic amines) is 1. The highest BCUT2D eigenvalue weighted by Crippen LogP contribution is 2.18. The Kier molecular flexibility index (Phi) is 9.86. The lowest BCUT2D eigenvalue weighted by molar-refractivity contribution is -0.133. The van der Waals surface area contributed by atoms with Crippen molar-refractivity contribution in [2.24, 2.45) is 4.99 Å². The Morgan fingerprint density at radius 2 is 2.07 bits per heavy atom. The van der Waals surface area contributed by atoms with Gasteiger partial charge in [0, 0.05) is 33.7 Å². The van der Waals surface area contributed by atoms with Gasteiger partial charge in [-0.1, -0.05) is 0 Å². The Labute approximate surface area is 179 Å². The molecule has 1 aliphatic rings. The van der Waals surface area contributed by atoms with Crippen LogP contribution in [0.5, 0.6) is 5.75 Å². The first-order valence-corrected chi connectivity index (χ1v) is 10.8. The van der Waals surface area contributed by atoms with Gasteiger partial charge in [-0.05, 0) is 63.9 Å². The lowest BCUT2D eigenvalue weighted by Crippen LogP contribution is -2.44. The Bertz CT molecular complexity index is 681. The molecule has 1 fully saturated rings. The third-order valence-electron chi connectivity index (χ3n) is 5.01. The molecule has 0 aliphatic carbocycles. The lowest BCUT2D eigenvalue weighted by Gasteiger charge is -2.26. The second-order valence-electron chi connectivity index (χ2n) is 7.81. The van der Waals surface area contributed by atoms with E-state index < -0.39 is 0 Å². The minimum atomic E-state index is -0.280. The Hall–Kier alpha value is -2.35. The smallest absolute Gasteiger partial charge is 0.239 e. The van der Waals surface area contributed by atoms with Gasteiger partial charge in [-0.25, -0.2) is 9.38 Å². The second kappa shape index (κ2) is 12.4. The van der Waals surface area contributed by atoms with Gasteiger partial charge in [-0.15, -0.1) is 0 Å². The first-order chi connectivity index (χ1) is 14.4. The van der Waals surface area contributed by atoms with Crippen molar-refractivity contribution in [3.63, 3.8) is 0 Å². The van der Waals surface area contributed by atoms with Gasteiger partial charge in [0.15, 0.2) is 5.96 Å². The molecule has 2 N–H and O–H groups in total. The number of nitrogens with zero attached hydrogens (tertiary/aromatic N) is 3. The van der Waals surface area contributed by atoms with E-state index in [-0.39, 0.29) is 23.9 Å². The number of carbonyl (C=O) groups excluding carboxylic acids is 1. The second-order valence-corrected chi connectivity index (χ2v) is 7.81. The Morgan fingerprint density at radius 1 is 1.33 bits per heavy atom. The summed E-state index contributed by atoms with van der Waals surface area (Å²) >= 11 is 0. The highest BCUT2D eigenvalue weighted by molar-refractivity contribution is 5.81. The van der Waals surface area contributed by atoms with E-state index in [4.69, 9.17) is 4.74 Å². The van der Waals surface area contributed by atoms with E-state index in [0.717, 1.165) is 51.4 Å². The molecule has 168 valence electrons. The molecule has 0 bridgehead atoms. The molecule has 1 saturated heterocycles. The van der Waals surface area contributed by atoms with Crippen LogP contribution in [-0.4, -0.2) is 80.6 Å². The molecular formula is C22H36FN5O2. The Morgan fingerprint density at radius 3 is 2.73 bits per heavy atom. The summed E-state index contributed by atoms with van der Waals surface area (Å²) in [6.07, 6.45) is 2.82. The molecular weight excluding hydrogens is 385 g/mol. The number of hydrogen-bond acceptors (Lipinski definition) is 4. The monoisotopic (exact) mass is 421 g/mol. The van der Waals surface area contributed by atoms with Gasteiger partial charge < -0.3 is 20.3 Å². The zero-order chi connectivity index (χ0) is 21.9. The zero-order valence-electron chi connectivity index (χ0n) is 18.7. The molecule has 8 heteroatoms. The standard InChI is InChI=1S/C22H36FN5O2/c1-5-24-22(26-16-17(2)30-19-11-9-18(23)10-12-19)25-13-7-15-28-14-6-8-20(28)21(29)27(3)4/h9-12,17,20H,5-8,13-16H2,1-4H3,(H2,24,25,26). The highest BCUT2D eigenvalue weighted by atomic mass is 19.1. The van der Waals surface area contributed by atoms with Crippen LogP contribution in [0.1, 0.15) is 33.1 Å². The summed E-state index contributed by atoms with van der Waals surface area (Å²) in [5.74, 6) is 1.29. The summed E-state index contributed by atoms with van der Waals surface area (Å²) < 4.78 is 18.8. The quantitative estimate of drug-likeness (QED) is 0.344. The number of rotatable bonds is 10. The molecule has 2 atom stereocenters. The molecule has 1 aliphatic heterocycles. The molecule has 1 amide bonds. The molecule has 0 radical (unpaired) electrons. The summed E-state index contributed by atoms with van der Waals surface area (Å²) in [4.78, 5) is 20.8. The average molecular weight is 422 g/mol. The summed E-state index contributed by atoms with van der Waals surface area (Å²) in [5.41, 5.74) is 0. The maximum absolute atomic E-state index is 13.0. The molecule has 1 aromatic carbocycles. The summed E-state index contributed by atoms with van der Waals surface area (Å²) in [6.45, 7) is 7.86. The fourth-order valence-corrected chi connectivity index (χ4v) is 3.50. The molecule has 1 aromatic rings. The predicted octanol–water partition coefficient (Wildman–Crippen LogP) is 2.09. The number of carbonyl (C=O) groups is 1. The number of benzene rings is 1. The highest BCUT2D eigenvalue weighted by Gasteiger charge is 2.30. The maximum atomic E-state index is 13.0. The van der Waals surface area contributed by atoms with Gasteiger partial charge in [0.1, 0.15) is 17.7 Å². The first kappa shape index (κ1) is 23.9. The molecule has 2 rings (SSSR count). The molecule has 0 spiro atoms. The SMILES string of the molecule is CCNC(=NCC(C)Oc1ccc(F)cc1)NCCCN1CCCC1C(=O)N(C)C. The van der Waals surface area contributed by atoms with Crippen LogP contribution in [0.25, 0.3) is 0 Å². The summed E-state index contributed by atoms with van der Waals surface area (Å²) in [7, 11) is 3.64. The van der Waals surface area contributed by atoms with E-state index in [1.54, 1.807) is 17.0 Å². The normalized spacial score (nSPS) is 18.2. The number of halogens is 1. The van der Waals surface area contributed by atoms with Gasteiger partial charge in [0.2, 0.25) is 5.91 Å². The number of likely N-dealkylation sites (N-methyl/N-ethyl adjacent to an activating group) is 1. The van der Waals surface area contributed by atoms with Crippen molar-refractivity contribution in [2.45, 2.75) is 45.3 Å². The minimum absolute atomic E-state index is 0.0198. The van der Waals surface area contributed by atoms with Gasteiger partial charge >= 0.3 is 0 Å². The predicted molar refractivity (Wildman–Crippen MR) is 118 cm³/mol. The Balaban J connectivity index is 1.75. The van der Waals surface area contributed by atoms with Crippen molar-refractivity contribution in [3.05, 3.63) is 30.1 Å². The molecule has 0 saturated carbocycles. The number of amides is 1. The topological polar surface area (TPSA) is 69.2 Å². The minimum Gasteiger partial charge on any atom is -0.489 e. The summed E-state index contributed by atoms with van der Waals surface area (Å²) in [6, 6.07) is 6.02. The molecule has 7 nitrogen and oxygen atoms in total. The molecule has 30 heavy (non-hydrogen) atoms. The number of aliphatic imine (C=N–C) groups is 1. The fourth-order valence-electron chi connectivity index (χ4n) is 3.50. The van der Waals surface area contributed by atoms with Crippen molar-refractivity contribution in [1.82, 2.24) is 20.4 Å². The van der Waals surface area contributed by atoms with Crippen molar-refractivity contribution >= 4 is 11.9 Å². The summed E-state index contributed by atoms with van der Waals surface area (Å²) in [5, 5.41) is 6.59. The van der Waals surface area contributed by atoms with E-state index in [1.165, 1.54) is 12.1 Å². The van der Waals surface area contributed by atoms with Crippen molar-refractivity contribution in [1.29, 1.82) is 0 Å². The molecule has 0 aromatic heterocycles.